The van der Waals surface area contributed by atoms with E-state index >= 15 is 0 Å². The van der Waals surface area contributed by atoms with Crippen LogP contribution >= 0.6 is 15.9 Å². The normalized spacial score (nSPS) is 11.7. The van der Waals surface area contributed by atoms with Gasteiger partial charge in [0.15, 0.2) is 0 Å². The van der Waals surface area contributed by atoms with Gasteiger partial charge in [-0.25, -0.2) is 4.98 Å². The maximum Gasteiger partial charge on any atom is 0.266 e. The molecule has 0 unspecified atom stereocenters. The van der Waals surface area contributed by atoms with Crippen molar-refractivity contribution in [2.45, 2.75) is 6.92 Å². The van der Waals surface area contributed by atoms with Crippen LogP contribution in [-0.4, -0.2) is 14.5 Å². The predicted octanol–water partition coefficient (Wildman–Crippen LogP) is 6.11. The summed E-state index contributed by atoms with van der Waals surface area (Å²) in [4.78, 5) is 21.6. The lowest BCUT2D eigenvalue weighted by molar-refractivity contribution is 0.943. The van der Waals surface area contributed by atoms with Crippen molar-refractivity contribution in [1.29, 1.82) is 0 Å². The number of aromatic amines is 1. The number of benzene rings is 3. The fourth-order valence-corrected chi connectivity index (χ4v) is 4.04. The van der Waals surface area contributed by atoms with Gasteiger partial charge in [0.2, 0.25) is 0 Å². The Morgan fingerprint density at radius 1 is 0.900 bits per heavy atom. The van der Waals surface area contributed by atoms with E-state index in [-0.39, 0.29) is 5.56 Å². The molecule has 0 spiro atoms. The van der Waals surface area contributed by atoms with E-state index in [4.69, 9.17) is 4.98 Å². The molecule has 0 aliphatic heterocycles. The minimum absolute atomic E-state index is 0.0850. The molecule has 0 atom stereocenters. The molecule has 0 saturated carbocycles. The third-order valence-electron chi connectivity index (χ3n) is 5.23. The molecule has 1 N–H and O–H groups in total. The van der Waals surface area contributed by atoms with Crippen molar-refractivity contribution >= 4 is 49.9 Å². The first-order chi connectivity index (χ1) is 14.6. The van der Waals surface area contributed by atoms with Gasteiger partial charge in [-0.05, 0) is 61.5 Å². The summed E-state index contributed by atoms with van der Waals surface area (Å²) in [6.07, 6.45) is 3.94. The zero-order valence-electron chi connectivity index (χ0n) is 16.3. The number of halogens is 1. The topological polar surface area (TPSA) is 50.7 Å². The minimum atomic E-state index is -0.0850. The molecule has 2 heterocycles. The number of aromatic nitrogens is 3. The van der Waals surface area contributed by atoms with Crippen molar-refractivity contribution in [3.8, 4) is 5.69 Å². The highest BCUT2D eigenvalue weighted by Gasteiger charge is 2.12. The van der Waals surface area contributed by atoms with Crippen LogP contribution < -0.4 is 5.56 Å². The van der Waals surface area contributed by atoms with Gasteiger partial charge in [0.05, 0.1) is 16.6 Å². The van der Waals surface area contributed by atoms with E-state index in [1.165, 1.54) is 0 Å². The van der Waals surface area contributed by atoms with E-state index < -0.39 is 0 Å². The Labute approximate surface area is 181 Å². The maximum absolute atomic E-state index is 13.3. The molecule has 5 rings (SSSR count). The Bertz CT molecular complexity index is 1480. The second-order valence-electron chi connectivity index (χ2n) is 7.15. The van der Waals surface area contributed by atoms with E-state index in [2.05, 4.69) is 40.0 Å². The number of hydrogen-bond acceptors (Lipinski definition) is 2. The summed E-state index contributed by atoms with van der Waals surface area (Å²) in [5.74, 6) is 0.589. The number of rotatable bonds is 3. The molecule has 0 amide bonds. The zero-order valence-corrected chi connectivity index (χ0v) is 17.8. The molecule has 0 aliphatic rings. The third-order valence-corrected chi connectivity index (χ3v) is 5.76. The van der Waals surface area contributed by atoms with Gasteiger partial charge in [0.1, 0.15) is 5.82 Å². The lowest BCUT2D eigenvalue weighted by Crippen LogP contribution is -2.22. The summed E-state index contributed by atoms with van der Waals surface area (Å²) in [5, 5.41) is 1.74. The van der Waals surface area contributed by atoms with Crippen LogP contribution in [0.4, 0.5) is 0 Å². The highest BCUT2D eigenvalue weighted by molar-refractivity contribution is 9.10. The number of aryl methyl sites for hydroxylation is 1. The van der Waals surface area contributed by atoms with Crippen LogP contribution in [-0.2, 0) is 0 Å². The van der Waals surface area contributed by atoms with Crippen molar-refractivity contribution in [2.24, 2.45) is 0 Å². The molecule has 30 heavy (non-hydrogen) atoms. The number of H-pyrrole nitrogens is 1. The predicted molar refractivity (Wildman–Crippen MR) is 127 cm³/mol. The fourth-order valence-electron chi connectivity index (χ4n) is 3.77. The summed E-state index contributed by atoms with van der Waals surface area (Å²) in [6.45, 7) is 2.05. The van der Waals surface area contributed by atoms with Gasteiger partial charge in [-0.15, -0.1) is 0 Å². The molecular formula is C25H18BrN3O. The summed E-state index contributed by atoms with van der Waals surface area (Å²) < 4.78 is 2.62. The second-order valence-corrected chi connectivity index (χ2v) is 8.06. The van der Waals surface area contributed by atoms with Crippen molar-refractivity contribution in [2.75, 3.05) is 0 Å². The summed E-state index contributed by atoms with van der Waals surface area (Å²) in [7, 11) is 0. The molecule has 4 nitrogen and oxygen atoms in total. The monoisotopic (exact) mass is 455 g/mol. The molecule has 0 fully saturated rings. The molecule has 146 valence electrons. The second kappa shape index (κ2) is 7.43. The number of nitrogens with one attached hydrogen (secondary N) is 1. The molecule has 0 saturated heterocycles. The lowest BCUT2D eigenvalue weighted by atomic mass is 10.1. The van der Waals surface area contributed by atoms with Crippen LogP contribution in [0.3, 0.4) is 0 Å². The molecule has 5 aromatic rings. The van der Waals surface area contributed by atoms with Gasteiger partial charge >= 0.3 is 0 Å². The third kappa shape index (κ3) is 3.17. The Morgan fingerprint density at radius 3 is 2.40 bits per heavy atom. The molecule has 3 aromatic carbocycles. The number of nitrogens with zero attached hydrogens (tertiary/aromatic N) is 2. The lowest BCUT2D eigenvalue weighted by Gasteiger charge is -2.11. The van der Waals surface area contributed by atoms with Crippen molar-refractivity contribution in [3.05, 3.63) is 105 Å². The first-order valence-electron chi connectivity index (χ1n) is 9.65. The fraction of sp³-hybridized carbons (Fsp3) is 0.0400. The van der Waals surface area contributed by atoms with Crippen LogP contribution in [0.5, 0.6) is 0 Å². The zero-order chi connectivity index (χ0) is 20.7. The van der Waals surface area contributed by atoms with Crippen LogP contribution in [0.1, 0.15) is 17.1 Å². The van der Waals surface area contributed by atoms with Gasteiger partial charge < -0.3 is 4.98 Å². The van der Waals surface area contributed by atoms with E-state index in [0.29, 0.717) is 16.7 Å². The molecule has 0 bridgehead atoms. The first-order valence-corrected chi connectivity index (χ1v) is 10.4. The molecular weight excluding hydrogens is 438 g/mol. The molecule has 2 aromatic heterocycles. The Balaban J connectivity index is 1.74. The summed E-state index contributed by atoms with van der Waals surface area (Å²) in [5.41, 5.74) is 4.63. The van der Waals surface area contributed by atoms with Gasteiger partial charge in [-0.1, -0.05) is 46.3 Å². The van der Waals surface area contributed by atoms with Crippen LogP contribution in [0.2, 0.25) is 0 Å². The molecule has 0 radical (unpaired) electrons. The standard InChI is InChI=1S/C25H18BrN3O/c1-16-19(20-6-2-4-8-22(20)27-16)14-15-24-28-23-9-5-3-7-21(23)25(30)29(24)18-12-10-17(26)11-13-18/h2-15,27H,1H3/b15-14+. The van der Waals surface area contributed by atoms with Gasteiger partial charge in [0.25, 0.3) is 5.56 Å². The largest absolute Gasteiger partial charge is 0.358 e. The first kappa shape index (κ1) is 18.6. The van der Waals surface area contributed by atoms with E-state index in [9.17, 15) is 4.79 Å². The summed E-state index contributed by atoms with van der Waals surface area (Å²) in [6, 6.07) is 23.3. The Kier molecular flexibility index (Phi) is 4.60. The average Bonchev–Trinajstić information content (AvgIpc) is 3.08. The Hall–Kier alpha value is -3.44. The smallest absolute Gasteiger partial charge is 0.266 e. The van der Waals surface area contributed by atoms with Crippen molar-refractivity contribution < 1.29 is 0 Å². The molecule has 0 aliphatic carbocycles. The van der Waals surface area contributed by atoms with Gasteiger partial charge in [0, 0.05) is 26.6 Å². The van der Waals surface area contributed by atoms with Crippen molar-refractivity contribution in [3.63, 3.8) is 0 Å². The maximum atomic E-state index is 13.3. The van der Waals surface area contributed by atoms with Crippen molar-refractivity contribution in [1.82, 2.24) is 14.5 Å². The van der Waals surface area contributed by atoms with E-state index in [1.54, 1.807) is 4.57 Å². The highest BCUT2D eigenvalue weighted by atomic mass is 79.9. The minimum Gasteiger partial charge on any atom is -0.358 e. The SMILES string of the molecule is Cc1[nH]c2ccccc2c1/C=C/c1nc2ccccc2c(=O)n1-c1ccc(Br)cc1. The highest BCUT2D eigenvalue weighted by Crippen LogP contribution is 2.24. The van der Waals surface area contributed by atoms with Crippen LogP contribution in [0.15, 0.2) is 82.1 Å². The quantitative estimate of drug-likeness (QED) is 0.356. The van der Waals surface area contributed by atoms with Crippen LogP contribution in [0.25, 0.3) is 39.6 Å². The Morgan fingerprint density at radius 2 is 1.60 bits per heavy atom. The molecule has 5 heteroatoms. The van der Waals surface area contributed by atoms with Gasteiger partial charge in [-0.2, -0.15) is 0 Å². The number of fused-ring (bicyclic) bond motifs is 2. The summed E-state index contributed by atoms with van der Waals surface area (Å²) >= 11 is 3.46. The average molecular weight is 456 g/mol. The van der Waals surface area contributed by atoms with E-state index in [1.807, 2.05) is 72.8 Å². The van der Waals surface area contributed by atoms with Gasteiger partial charge in [-0.3, -0.25) is 9.36 Å². The number of hydrogen-bond donors (Lipinski definition) is 1. The number of para-hydroxylation sites is 2. The van der Waals surface area contributed by atoms with E-state index in [0.717, 1.165) is 32.3 Å². The van der Waals surface area contributed by atoms with Crippen LogP contribution in [0, 0.1) is 6.92 Å².